The van der Waals surface area contributed by atoms with E-state index in [1.807, 2.05) is 32.0 Å². The number of benzene rings is 2. The van der Waals surface area contributed by atoms with Crippen LogP contribution < -0.4 is 10.2 Å². The predicted molar refractivity (Wildman–Crippen MR) is 88.9 cm³/mol. The number of para-hydroxylation sites is 1. The molecule has 2 rings (SSSR count). The van der Waals surface area contributed by atoms with Gasteiger partial charge in [-0.2, -0.15) is 0 Å². The van der Waals surface area contributed by atoms with Crippen molar-refractivity contribution in [1.29, 1.82) is 0 Å². The van der Waals surface area contributed by atoms with Gasteiger partial charge in [0, 0.05) is 18.7 Å². The Morgan fingerprint density at radius 1 is 1.04 bits per heavy atom. The molecule has 0 unspecified atom stereocenters. The molecule has 2 aromatic rings. The van der Waals surface area contributed by atoms with Crippen molar-refractivity contribution in [3.05, 3.63) is 59.2 Å². The number of halogens is 2. The minimum Gasteiger partial charge on any atom is -0.324 e. The van der Waals surface area contributed by atoms with Crippen LogP contribution in [0.3, 0.4) is 0 Å². The van der Waals surface area contributed by atoms with E-state index in [-0.39, 0.29) is 18.1 Å². The highest BCUT2D eigenvalue weighted by Crippen LogP contribution is 2.24. The van der Waals surface area contributed by atoms with Crippen LogP contribution in [0, 0.1) is 25.5 Å². The Labute approximate surface area is 139 Å². The second kappa shape index (κ2) is 7.21. The quantitative estimate of drug-likeness (QED) is 0.930. The van der Waals surface area contributed by atoms with Crippen molar-refractivity contribution >= 4 is 23.2 Å². The molecule has 6 heteroatoms. The van der Waals surface area contributed by atoms with E-state index in [9.17, 15) is 18.4 Å². The molecule has 0 aliphatic rings. The molecule has 0 heterocycles. The molecule has 0 aromatic heterocycles. The number of aryl methyl sites for hydroxylation is 2. The van der Waals surface area contributed by atoms with Gasteiger partial charge in [0.1, 0.15) is 6.54 Å². The SMILES string of the molecule is CC(=O)N(CC(=O)Nc1ccc(F)c(F)c1)c1c(C)cccc1C. The summed E-state index contributed by atoms with van der Waals surface area (Å²) in [7, 11) is 0. The van der Waals surface area contributed by atoms with E-state index in [1.165, 1.54) is 17.9 Å². The second-order valence-corrected chi connectivity index (χ2v) is 5.52. The molecule has 0 bridgehead atoms. The first-order valence-electron chi connectivity index (χ1n) is 7.39. The van der Waals surface area contributed by atoms with Gasteiger partial charge in [0.15, 0.2) is 11.6 Å². The van der Waals surface area contributed by atoms with E-state index < -0.39 is 17.5 Å². The van der Waals surface area contributed by atoms with Crippen molar-refractivity contribution in [1.82, 2.24) is 0 Å². The van der Waals surface area contributed by atoms with E-state index in [0.717, 1.165) is 23.3 Å². The zero-order valence-corrected chi connectivity index (χ0v) is 13.7. The fourth-order valence-electron chi connectivity index (χ4n) is 2.50. The van der Waals surface area contributed by atoms with Crippen LogP contribution in [-0.2, 0) is 9.59 Å². The highest BCUT2D eigenvalue weighted by atomic mass is 19.2. The summed E-state index contributed by atoms with van der Waals surface area (Å²) >= 11 is 0. The molecule has 1 N–H and O–H groups in total. The molecule has 0 saturated carbocycles. The van der Waals surface area contributed by atoms with Gasteiger partial charge in [-0.1, -0.05) is 18.2 Å². The maximum atomic E-state index is 13.2. The fraction of sp³-hybridized carbons (Fsp3) is 0.222. The van der Waals surface area contributed by atoms with Crippen molar-refractivity contribution in [3.63, 3.8) is 0 Å². The maximum absolute atomic E-state index is 13.2. The van der Waals surface area contributed by atoms with Crippen molar-refractivity contribution in [2.45, 2.75) is 20.8 Å². The Bertz CT molecular complexity index is 770. The van der Waals surface area contributed by atoms with Gasteiger partial charge in [0.25, 0.3) is 0 Å². The molecule has 2 amide bonds. The molecule has 0 radical (unpaired) electrons. The number of anilines is 2. The Morgan fingerprint density at radius 2 is 1.67 bits per heavy atom. The lowest BCUT2D eigenvalue weighted by molar-refractivity contribution is -0.120. The minimum atomic E-state index is -1.05. The van der Waals surface area contributed by atoms with Crippen LogP contribution in [0.5, 0.6) is 0 Å². The Kier molecular flexibility index (Phi) is 5.28. The van der Waals surface area contributed by atoms with Crippen LogP contribution in [0.1, 0.15) is 18.1 Å². The lowest BCUT2D eigenvalue weighted by atomic mass is 10.1. The molecule has 0 fully saturated rings. The number of hydrogen-bond acceptors (Lipinski definition) is 2. The molecule has 0 atom stereocenters. The van der Waals surface area contributed by atoms with Crippen molar-refractivity contribution in [2.24, 2.45) is 0 Å². The molecule has 0 spiro atoms. The highest BCUT2D eigenvalue weighted by Gasteiger charge is 2.19. The fourth-order valence-corrected chi connectivity index (χ4v) is 2.50. The summed E-state index contributed by atoms with van der Waals surface area (Å²) < 4.78 is 26.1. The van der Waals surface area contributed by atoms with Gasteiger partial charge in [-0.15, -0.1) is 0 Å². The third-order valence-electron chi connectivity index (χ3n) is 3.59. The van der Waals surface area contributed by atoms with Crippen LogP contribution in [0.25, 0.3) is 0 Å². The molecule has 4 nitrogen and oxygen atoms in total. The average Bonchev–Trinajstić information content (AvgIpc) is 2.49. The number of rotatable bonds is 4. The summed E-state index contributed by atoms with van der Waals surface area (Å²) in [5, 5.41) is 2.46. The van der Waals surface area contributed by atoms with E-state index >= 15 is 0 Å². The van der Waals surface area contributed by atoms with E-state index in [2.05, 4.69) is 5.32 Å². The first kappa shape index (κ1) is 17.6. The minimum absolute atomic E-state index is 0.129. The third kappa shape index (κ3) is 3.95. The number of carbonyl (C=O) groups is 2. The molecular weight excluding hydrogens is 314 g/mol. The van der Waals surface area contributed by atoms with E-state index in [1.54, 1.807) is 0 Å². The number of nitrogens with one attached hydrogen (secondary N) is 1. The first-order valence-corrected chi connectivity index (χ1v) is 7.39. The first-order chi connectivity index (χ1) is 11.3. The van der Waals surface area contributed by atoms with Crippen LogP contribution in [0.15, 0.2) is 36.4 Å². The second-order valence-electron chi connectivity index (χ2n) is 5.52. The molecule has 126 valence electrons. The summed E-state index contributed by atoms with van der Waals surface area (Å²) in [6.07, 6.45) is 0. The van der Waals surface area contributed by atoms with Crippen molar-refractivity contribution in [3.8, 4) is 0 Å². The molecule has 0 saturated heterocycles. The summed E-state index contributed by atoms with van der Waals surface area (Å²) in [4.78, 5) is 25.5. The van der Waals surface area contributed by atoms with Crippen LogP contribution >= 0.6 is 0 Å². The molecule has 0 aliphatic heterocycles. The number of hydrogen-bond donors (Lipinski definition) is 1. The van der Waals surface area contributed by atoms with E-state index in [4.69, 9.17) is 0 Å². The number of amides is 2. The number of carbonyl (C=O) groups excluding carboxylic acids is 2. The summed E-state index contributed by atoms with van der Waals surface area (Å²) in [6.45, 7) is 4.85. The van der Waals surface area contributed by atoms with Crippen LogP contribution in [0.4, 0.5) is 20.2 Å². The Balaban J connectivity index is 2.20. The summed E-state index contributed by atoms with van der Waals surface area (Å²) in [5.74, 6) is -2.83. The smallest absolute Gasteiger partial charge is 0.244 e. The molecular formula is C18H18F2N2O2. The normalized spacial score (nSPS) is 10.4. The lowest BCUT2D eigenvalue weighted by Crippen LogP contribution is -2.37. The summed E-state index contributed by atoms with van der Waals surface area (Å²) in [5.41, 5.74) is 2.53. The van der Waals surface area contributed by atoms with Crippen LogP contribution in [0.2, 0.25) is 0 Å². The predicted octanol–water partition coefficient (Wildman–Crippen LogP) is 3.57. The van der Waals surface area contributed by atoms with Gasteiger partial charge in [-0.25, -0.2) is 8.78 Å². The third-order valence-corrected chi connectivity index (χ3v) is 3.59. The largest absolute Gasteiger partial charge is 0.324 e. The standard InChI is InChI=1S/C18H18F2N2O2/c1-11-5-4-6-12(2)18(11)22(13(3)23)10-17(24)21-14-7-8-15(19)16(20)9-14/h4-9H,10H2,1-3H3,(H,21,24). The molecule has 2 aromatic carbocycles. The lowest BCUT2D eigenvalue weighted by Gasteiger charge is -2.24. The molecule has 0 aliphatic carbocycles. The van der Waals surface area contributed by atoms with E-state index in [0.29, 0.717) is 5.69 Å². The summed E-state index contributed by atoms with van der Waals surface area (Å²) in [6, 6.07) is 8.65. The topological polar surface area (TPSA) is 49.4 Å². The van der Waals surface area contributed by atoms with Gasteiger partial charge in [0.2, 0.25) is 11.8 Å². The zero-order chi connectivity index (χ0) is 17.9. The Hall–Kier alpha value is -2.76. The average molecular weight is 332 g/mol. The van der Waals surface area contributed by atoms with Gasteiger partial charge in [0.05, 0.1) is 5.69 Å². The van der Waals surface area contributed by atoms with Crippen molar-refractivity contribution in [2.75, 3.05) is 16.8 Å². The Morgan fingerprint density at radius 3 is 2.21 bits per heavy atom. The monoisotopic (exact) mass is 332 g/mol. The molecule has 24 heavy (non-hydrogen) atoms. The highest BCUT2D eigenvalue weighted by molar-refractivity contribution is 6.02. The van der Waals surface area contributed by atoms with Gasteiger partial charge in [-0.05, 0) is 37.1 Å². The number of nitrogens with zero attached hydrogens (tertiary/aromatic N) is 1. The van der Waals surface area contributed by atoms with Crippen LogP contribution in [-0.4, -0.2) is 18.4 Å². The maximum Gasteiger partial charge on any atom is 0.244 e. The zero-order valence-electron chi connectivity index (χ0n) is 13.7. The van der Waals surface area contributed by atoms with Gasteiger partial charge < -0.3 is 10.2 Å². The van der Waals surface area contributed by atoms with Gasteiger partial charge >= 0.3 is 0 Å². The van der Waals surface area contributed by atoms with Gasteiger partial charge in [-0.3, -0.25) is 9.59 Å². The van der Waals surface area contributed by atoms with Crippen molar-refractivity contribution < 1.29 is 18.4 Å².